The fourth-order valence-electron chi connectivity index (χ4n) is 1.59. The number of hydrogen-bond donors (Lipinski definition) is 1. The quantitative estimate of drug-likeness (QED) is 0.863. The molecular weight excluding hydrogens is 336 g/mol. The molecule has 2 aromatic carbocycles. The minimum Gasteiger partial charge on any atom is -0.398 e. The lowest BCUT2D eigenvalue weighted by Crippen LogP contribution is -2.01. The predicted octanol–water partition coefficient (Wildman–Crippen LogP) is 3.62. The summed E-state index contributed by atoms with van der Waals surface area (Å²) < 4.78 is 38.4. The molecule has 0 fully saturated rings. The van der Waals surface area contributed by atoms with E-state index in [9.17, 15) is 13.0 Å². The SMILES string of the molecule is Nc1cc(F)ccc1S(=O)Cc1ccc(F)c(Br)c1. The first kappa shape index (κ1) is 14.1. The monoisotopic (exact) mass is 345 g/mol. The van der Waals surface area contributed by atoms with Gasteiger partial charge < -0.3 is 5.73 Å². The zero-order valence-corrected chi connectivity index (χ0v) is 12.1. The minimum absolute atomic E-state index is 0.152. The molecule has 0 radical (unpaired) electrons. The topological polar surface area (TPSA) is 43.1 Å². The van der Waals surface area contributed by atoms with Crippen LogP contribution in [0.2, 0.25) is 0 Å². The number of nitrogen functional groups attached to an aromatic ring is 1. The van der Waals surface area contributed by atoms with Crippen LogP contribution >= 0.6 is 15.9 Å². The largest absolute Gasteiger partial charge is 0.398 e. The van der Waals surface area contributed by atoms with Crippen LogP contribution in [0.3, 0.4) is 0 Å². The number of rotatable bonds is 3. The van der Waals surface area contributed by atoms with E-state index in [0.717, 1.165) is 6.07 Å². The molecule has 2 rings (SSSR count). The van der Waals surface area contributed by atoms with Gasteiger partial charge in [-0.05, 0) is 51.8 Å². The lowest BCUT2D eigenvalue weighted by Gasteiger charge is -2.06. The van der Waals surface area contributed by atoms with Gasteiger partial charge in [-0.3, -0.25) is 4.21 Å². The van der Waals surface area contributed by atoms with Gasteiger partial charge in [0.2, 0.25) is 0 Å². The van der Waals surface area contributed by atoms with Gasteiger partial charge in [-0.25, -0.2) is 8.78 Å². The minimum atomic E-state index is -1.40. The zero-order chi connectivity index (χ0) is 14.0. The van der Waals surface area contributed by atoms with Gasteiger partial charge in [0.15, 0.2) is 0 Å². The molecule has 0 bridgehead atoms. The van der Waals surface area contributed by atoms with Crippen molar-refractivity contribution < 1.29 is 13.0 Å². The van der Waals surface area contributed by atoms with Crippen LogP contribution in [-0.2, 0) is 16.6 Å². The van der Waals surface area contributed by atoms with Crippen LogP contribution in [0.25, 0.3) is 0 Å². The Morgan fingerprint density at radius 2 is 1.89 bits per heavy atom. The van der Waals surface area contributed by atoms with Gasteiger partial charge >= 0.3 is 0 Å². The van der Waals surface area contributed by atoms with Crippen molar-refractivity contribution in [3.8, 4) is 0 Å². The summed E-state index contributed by atoms with van der Waals surface area (Å²) in [6, 6.07) is 8.16. The lowest BCUT2D eigenvalue weighted by molar-refractivity contribution is 0.620. The highest BCUT2D eigenvalue weighted by Crippen LogP contribution is 2.22. The zero-order valence-electron chi connectivity index (χ0n) is 9.70. The summed E-state index contributed by atoms with van der Waals surface area (Å²) in [6.07, 6.45) is 0. The lowest BCUT2D eigenvalue weighted by atomic mass is 10.2. The molecule has 6 heteroatoms. The summed E-state index contributed by atoms with van der Waals surface area (Å²) in [5.41, 5.74) is 6.48. The van der Waals surface area contributed by atoms with Crippen molar-refractivity contribution in [1.82, 2.24) is 0 Å². The Balaban J connectivity index is 2.23. The summed E-state index contributed by atoms with van der Waals surface area (Å²) in [4.78, 5) is 0.377. The molecule has 0 spiro atoms. The molecule has 0 aromatic heterocycles. The van der Waals surface area contributed by atoms with Crippen LogP contribution < -0.4 is 5.73 Å². The van der Waals surface area contributed by atoms with Crippen molar-refractivity contribution in [3.05, 3.63) is 58.1 Å². The summed E-state index contributed by atoms with van der Waals surface area (Å²) in [5.74, 6) is -0.659. The van der Waals surface area contributed by atoms with E-state index in [2.05, 4.69) is 15.9 Å². The highest BCUT2D eigenvalue weighted by atomic mass is 79.9. The Morgan fingerprint density at radius 3 is 2.53 bits per heavy atom. The highest BCUT2D eigenvalue weighted by Gasteiger charge is 2.11. The van der Waals surface area contributed by atoms with E-state index in [0.29, 0.717) is 14.9 Å². The van der Waals surface area contributed by atoms with Gasteiger partial charge in [0.1, 0.15) is 11.6 Å². The van der Waals surface area contributed by atoms with Crippen molar-refractivity contribution in [1.29, 1.82) is 0 Å². The average molecular weight is 346 g/mol. The highest BCUT2D eigenvalue weighted by molar-refractivity contribution is 9.10. The summed E-state index contributed by atoms with van der Waals surface area (Å²) in [6.45, 7) is 0. The molecule has 0 aliphatic carbocycles. The van der Waals surface area contributed by atoms with Crippen LogP contribution in [-0.4, -0.2) is 4.21 Å². The molecule has 2 N–H and O–H groups in total. The molecule has 0 aliphatic heterocycles. The Kier molecular flexibility index (Phi) is 4.31. The van der Waals surface area contributed by atoms with E-state index in [1.54, 1.807) is 12.1 Å². The normalized spacial score (nSPS) is 12.4. The fraction of sp³-hybridized carbons (Fsp3) is 0.0769. The summed E-state index contributed by atoms with van der Waals surface area (Å²) in [7, 11) is -1.40. The molecule has 0 heterocycles. The molecule has 2 nitrogen and oxygen atoms in total. The van der Waals surface area contributed by atoms with E-state index < -0.39 is 16.6 Å². The van der Waals surface area contributed by atoms with Gasteiger partial charge in [-0.2, -0.15) is 0 Å². The van der Waals surface area contributed by atoms with Gasteiger partial charge in [0.25, 0.3) is 0 Å². The van der Waals surface area contributed by atoms with Crippen LogP contribution in [0.4, 0.5) is 14.5 Å². The van der Waals surface area contributed by atoms with Crippen molar-refractivity contribution in [3.63, 3.8) is 0 Å². The summed E-state index contributed by atoms with van der Waals surface area (Å²) >= 11 is 3.07. The molecule has 0 amide bonds. The second-order valence-corrected chi connectivity index (χ2v) is 6.19. The molecule has 19 heavy (non-hydrogen) atoms. The average Bonchev–Trinajstić information content (AvgIpc) is 2.33. The van der Waals surface area contributed by atoms with Crippen molar-refractivity contribution in [2.45, 2.75) is 10.6 Å². The Bertz CT molecular complexity index is 649. The Labute approximate surface area is 120 Å². The van der Waals surface area contributed by atoms with Crippen LogP contribution in [0.15, 0.2) is 45.8 Å². The van der Waals surface area contributed by atoms with Crippen molar-refractivity contribution in [2.75, 3.05) is 5.73 Å². The van der Waals surface area contributed by atoms with E-state index in [1.807, 2.05) is 0 Å². The molecule has 0 saturated carbocycles. The van der Waals surface area contributed by atoms with E-state index in [-0.39, 0.29) is 17.3 Å². The molecule has 0 saturated heterocycles. The van der Waals surface area contributed by atoms with Crippen molar-refractivity contribution >= 4 is 32.4 Å². The number of hydrogen-bond acceptors (Lipinski definition) is 2. The maximum atomic E-state index is 13.1. The molecule has 100 valence electrons. The Hall–Kier alpha value is -1.27. The van der Waals surface area contributed by atoms with Crippen LogP contribution in [0.5, 0.6) is 0 Å². The van der Waals surface area contributed by atoms with Gasteiger partial charge in [0, 0.05) is 0 Å². The predicted molar refractivity (Wildman–Crippen MR) is 75.0 cm³/mol. The smallest absolute Gasteiger partial charge is 0.137 e. The van der Waals surface area contributed by atoms with Crippen LogP contribution in [0.1, 0.15) is 5.56 Å². The van der Waals surface area contributed by atoms with Crippen LogP contribution in [0, 0.1) is 11.6 Å². The standard InChI is InChI=1S/C13H10BrF2NOS/c14-10-5-8(1-3-11(10)16)7-19(18)13-4-2-9(15)6-12(13)17/h1-6H,7,17H2. The maximum Gasteiger partial charge on any atom is 0.137 e. The van der Waals surface area contributed by atoms with Gasteiger partial charge in [-0.15, -0.1) is 0 Å². The van der Waals surface area contributed by atoms with E-state index in [1.165, 1.54) is 18.2 Å². The molecular formula is C13H10BrF2NOS. The number of nitrogens with two attached hydrogens (primary N) is 1. The number of halogens is 3. The van der Waals surface area contributed by atoms with E-state index in [4.69, 9.17) is 5.73 Å². The van der Waals surface area contributed by atoms with Crippen molar-refractivity contribution in [2.24, 2.45) is 0 Å². The Morgan fingerprint density at radius 1 is 1.16 bits per heavy atom. The molecule has 2 aromatic rings. The second kappa shape index (κ2) is 5.79. The third kappa shape index (κ3) is 3.39. The first-order valence-electron chi connectivity index (χ1n) is 5.34. The third-order valence-corrected chi connectivity index (χ3v) is 4.56. The second-order valence-electron chi connectivity index (χ2n) is 3.92. The van der Waals surface area contributed by atoms with Gasteiger partial charge in [-0.1, -0.05) is 6.07 Å². The van der Waals surface area contributed by atoms with Gasteiger partial charge in [0.05, 0.1) is 31.6 Å². The molecule has 0 aliphatic rings. The molecule has 1 unspecified atom stereocenters. The first-order valence-corrected chi connectivity index (χ1v) is 7.46. The van der Waals surface area contributed by atoms with E-state index >= 15 is 0 Å². The molecule has 1 atom stereocenters. The number of anilines is 1. The summed E-state index contributed by atoms with van der Waals surface area (Å²) in [5, 5.41) is 0. The fourth-order valence-corrected chi connectivity index (χ4v) is 3.19. The third-order valence-electron chi connectivity index (χ3n) is 2.50. The number of benzene rings is 2. The maximum absolute atomic E-state index is 13.1. The first-order chi connectivity index (χ1) is 8.97.